The van der Waals surface area contributed by atoms with E-state index in [1.807, 2.05) is 25.1 Å². The first-order chi connectivity index (χ1) is 12.9. The molecule has 0 unspecified atom stereocenters. The summed E-state index contributed by atoms with van der Waals surface area (Å²) < 4.78 is 36.7. The Balaban J connectivity index is 1.83. The number of hydrogen-bond acceptors (Lipinski definition) is 7. The lowest BCUT2D eigenvalue weighted by molar-refractivity contribution is 0.311. The summed E-state index contributed by atoms with van der Waals surface area (Å²) in [7, 11) is -1.98. The Kier molecular flexibility index (Phi) is 6.13. The third-order valence-electron chi connectivity index (χ3n) is 3.62. The second kappa shape index (κ2) is 8.37. The van der Waals surface area contributed by atoms with Crippen molar-refractivity contribution in [1.29, 1.82) is 0 Å². The van der Waals surface area contributed by atoms with Gasteiger partial charge in [0, 0.05) is 21.6 Å². The molecule has 6 nitrogen and oxygen atoms in total. The normalized spacial score (nSPS) is 11.4. The first-order valence-corrected chi connectivity index (χ1v) is 11.4. The second-order valence-electron chi connectivity index (χ2n) is 5.52. The summed E-state index contributed by atoms with van der Waals surface area (Å²) in [4.78, 5) is 8.44. The number of ether oxygens (including phenoxy) is 2. The minimum Gasteiger partial charge on any atom is -0.493 e. The van der Waals surface area contributed by atoms with E-state index in [2.05, 4.69) is 25.9 Å². The first kappa shape index (κ1) is 19.8. The maximum atomic E-state index is 12.5. The largest absolute Gasteiger partial charge is 0.493 e. The fourth-order valence-electron chi connectivity index (χ4n) is 2.40. The predicted molar refractivity (Wildman–Crippen MR) is 108 cm³/mol. The molecule has 0 aliphatic heterocycles. The van der Waals surface area contributed by atoms with E-state index in [-0.39, 0.29) is 10.8 Å². The molecule has 0 radical (unpaired) electrons. The average molecular weight is 469 g/mol. The number of pyridine rings is 1. The SMILES string of the molecule is CCOc1ccc(-c2nc(CS(=O)(=O)c3ccc(Br)cn3)cs2)cc1OC. The molecule has 0 N–H and O–H groups in total. The third kappa shape index (κ3) is 4.66. The quantitative estimate of drug-likeness (QED) is 0.512. The van der Waals surface area contributed by atoms with Gasteiger partial charge in [-0.3, -0.25) is 0 Å². The Morgan fingerprint density at radius 1 is 1.19 bits per heavy atom. The van der Waals surface area contributed by atoms with Crippen molar-refractivity contribution in [2.24, 2.45) is 0 Å². The van der Waals surface area contributed by atoms with Crippen molar-refractivity contribution < 1.29 is 17.9 Å². The molecule has 0 bridgehead atoms. The van der Waals surface area contributed by atoms with Crippen LogP contribution in [0.25, 0.3) is 10.6 Å². The monoisotopic (exact) mass is 468 g/mol. The molecule has 3 aromatic rings. The number of thiazole rings is 1. The number of methoxy groups -OCH3 is 1. The third-order valence-corrected chi connectivity index (χ3v) is 6.58. The topological polar surface area (TPSA) is 78.4 Å². The second-order valence-corrected chi connectivity index (χ2v) is 9.23. The summed E-state index contributed by atoms with van der Waals surface area (Å²) in [6.07, 6.45) is 1.46. The Hall–Kier alpha value is -1.97. The van der Waals surface area contributed by atoms with Crippen molar-refractivity contribution in [3.05, 3.63) is 52.1 Å². The molecule has 3 rings (SSSR count). The summed E-state index contributed by atoms with van der Waals surface area (Å²) in [5, 5.41) is 2.49. The zero-order chi connectivity index (χ0) is 19.4. The fraction of sp³-hybridized carbons (Fsp3) is 0.222. The molecule has 0 fully saturated rings. The molecular weight excluding hydrogens is 452 g/mol. The summed E-state index contributed by atoms with van der Waals surface area (Å²) in [6.45, 7) is 2.44. The lowest BCUT2D eigenvalue weighted by Crippen LogP contribution is -2.07. The number of rotatable bonds is 7. The Bertz CT molecular complexity index is 1030. The Morgan fingerprint density at radius 3 is 2.67 bits per heavy atom. The number of aromatic nitrogens is 2. The van der Waals surface area contributed by atoms with E-state index in [1.165, 1.54) is 23.6 Å². The highest BCUT2D eigenvalue weighted by Crippen LogP contribution is 2.34. The van der Waals surface area contributed by atoms with Crippen LogP contribution in [0.1, 0.15) is 12.6 Å². The van der Waals surface area contributed by atoms with Gasteiger partial charge in [0.05, 0.1) is 25.2 Å². The smallest absolute Gasteiger partial charge is 0.201 e. The van der Waals surface area contributed by atoms with Crippen LogP contribution in [0, 0.1) is 0 Å². The number of sulfone groups is 1. The van der Waals surface area contributed by atoms with Crippen molar-refractivity contribution in [2.45, 2.75) is 17.7 Å². The maximum Gasteiger partial charge on any atom is 0.201 e. The van der Waals surface area contributed by atoms with Gasteiger partial charge in [-0.05, 0) is 53.2 Å². The molecular formula is C18H17BrN2O4S2. The molecule has 1 aromatic carbocycles. The number of halogens is 1. The fourth-order valence-corrected chi connectivity index (χ4v) is 4.73. The molecule has 0 amide bonds. The zero-order valence-electron chi connectivity index (χ0n) is 14.7. The van der Waals surface area contributed by atoms with E-state index in [0.717, 1.165) is 10.0 Å². The lowest BCUT2D eigenvalue weighted by atomic mass is 10.2. The number of benzene rings is 1. The van der Waals surface area contributed by atoms with Crippen LogP contribution < -0.4 is 9.47 Å². The molecule has 0 atom stereocenters. The van der Waals surface area contributed by atoms with Crippen LogP contribution in [0.2, 0.25) is 0 Å². The van der Waals surface area contributed by atoms with Crippen LogP contribution >= 0.6 is 27.3 Å². The summed E-state index contributed by atoms with van der Waals surface area (Å²) in [5.41, 5.74) is 1.32. The molecule has 142 valence electrons. The van der Waals surface area contributed by atoms with Gasteiger partial charge in [-0.2, -0.15) is 0 Å². The average Bonchev–Trinajstić information content (AvgIpc) is 3.10. The van der Waals surface area contributed by atoms with Crippen molar-refractivity contribution in [1.82, 2.24) is 9.97 Å². The van der Waals surface area contributed by atoms with Crippen LogP contribution in [0.5, 0.6) is 11.5 Å². The highest BCUT2D eigenvalue weighted by atomic mass is 79.9. The van der Waals surface area contributed by atoms with Crippen LogP contribution in [0.4, 0.5) is 0 Å². The molecule has 0 aliphatic carbocycles. The van der Waals surface area contributed by atoms with E-state index < -0.39 is 9.84 Å². The van der Waals surface area contributed by atoms with Crippen LogP contribution in [0.3, 0.4) is 0 Å². The van der Waals surface area contributed by atoms with Crippen LogP contribution in [-0.4, -0.2) is 32.1 Å². The predicted octanol–water partition coefficient (Wildman–Crippen LogP) is 4.35. The number of hydrogen-bond donors (Lipinski definition) is 0. The summed E-state index contributed by atoms with van der Waals surface area (Å²) in [6, 6.07) is 8.66. The summed E-state index contributed by atoms with van der Waals surface area (Å²) >= 11 is 4.63. The van der Waals surface area contributed by atoms with Crippen molar-refractivity contribution >= 4 is 37.1 Å². The van der Waals surface area contributed by atoms with Gasteiger partial charge in [-0.25, -0.2) is 18.4 Å². The number of nitrogens with zero attached hydrogens (tertiary/aromatic N) is 2. The minimum atomic E-state index is -3.56. The van der Waals surface area contributed by atoms with E-state index in [0.29, 0.717) is 28.8 Å². The van der Waals surface area contributed by atoms with Crippen molar-refractivity contribution in [2.75, 3.05) is 13.7 Å². The molecule has 0 spiro atoms. The van der Waals surface area contributed by atoms with E-state index in [9.17, 15) is 8.42 Å². The molecule has 0 saturated heterocycles. The first-order valence-electron chi connectivity index (χ1n) is 8.03. The molecule has 0 aliphatic rings. The van der Waals surface area contributed by atoms with Crippen molar-refractivity contribution in [3.8, 4) is 22.1 Å². The summed E-state index contributed by atoms with van der Waals surface area (Å²) in [5.74, 6) is 1.06. The van der Waals surface area contributed by atoms with E-state index in [1.54, 1.807) is 18.6 Å². The van der Waals surface area contributed by atoms with Gasteiger partial charge in [0.15, 0.2) is 16.5 Å². The van der Waals surface area contributed by atoms with Crippen LogP contribution in [-0.2, 0) is 15.6 Å². The van der Waals surface area contributed by atoms with Crippen molar-refractivity contribution in [3.63, 3.8) is 0 Å². The zero-order valence-corrected chi connectivity index (χ0v) is 17.9. The van der Waals surface area contributed by atoms with Gasteiger partial charge in [-0.15, -0.1) is 11.3 Å². The Morgan fingerprint density at radius 2 is 2.00 bits per heavy atom. The molecule has 9 heteroatoms. The van der Waals surface area contributed by atoms with Gasteiger partial charge >= 0.3 is 0 Å². The van der Waals surface area contributed by atoms with Gasteiger partial charge in [-0.1, -0.05) is 0 Å². The molecule has 2 heterocycles. The maximum absolute atomic E-state index is 12.5. The standard InChI is InChI=1S/C18H17BrN2O4S2/c1-3-25-15-6-4-12(8-16(15)24-2)18-21-14(10-26-18)11-27(22,23)17-7-5-13(19)9-20-17/h4-10H,3,11H2,1-2H3. The molecule has 2 aromatic heterocycles. The molecule has 27 heavy (non-hydrogen) atoms. The highest BCUT2D eigenvalue weighted by Gasteiger charge is 2.19. The Labute approximate surface area is 170 Å². The van der Waals surface area contributed by atoms with Gasteiger partial charge in [0.1, 0.15) is 5.01 Å². The van der Waals surface area contributed by atoms with E-state index in [4.69, 9.17) is 9.47 Å². The van der Waals surface area contributed by atoms with E-state index >= 15 is 0 Å². The lowest BCUT2D eigenvalue weighted by Gasteiger charge is -2.09. The van der Waals surface area contributed by atoms with Gasteiger partial charge in [0.25, 0.3) is 0 Å². The van der Waals surface area contributed by atoms with Gasteiger partial charge in [0.2, 0.25) is 9.84 Å². The van der Waals surface area contributed by atoms with Crippen LogP contribution in [0.15, 0.2) is 51.4 Å². The minimum absolute atomic E-state index is 0.0305. The van der Waals surface area contributed by atoms with Gasteiger partial charge < -0.3 is 9.47 Å². The highest BCUT2D eigenvalue weighted by molar-refractivity contribution is 9.10. The molecule has 0 saturated carbocycles.